The van der Waals surface area contributed by atoms with Crippen molar-refractivity contribution in [2.75, 3.05) is 20.3 Å². The summed E-state index contributed by atoms with van der Waals surface area (Å²) >= 11 is 0. The Morgan fingerprint density at radius 2 is 2.33 bits per heavy atom. The van der Waals surface area contributed by atoms with E-state index in [1.807, 2.05) is 6.07 Å². The molecule has 0 saturated carbocycles. The third kappa shape index (κ3) is 3.21. The van der Waals surface area contributed by atoms with Crippen molar-refractivity contribution in [2.45, 2.75) is 31.9 Å². The second kappa shape index (κ2) is 5.67. The Bertz CT molecular complexity index is 403. The maximum atomic E-state index is 13.5. The van der Waals surface area contributed by atoms with E-state index in [0.717, 1.165) is 31.6 Å². The van der Waals surface area contributed by atoms with Crippen LogP contribution in [0.5, 0.6) is 5.75 Å². The molecule has 1 saturated heterocycles. The molecule has 2 rings (SSSR count). The van der Waals surface area contributed by atoms with Crippen LogP contribution >= 0.6 is 0 Å². The van der Waals surface area contributed by atoms with E-state index in [9.17, 15) is 4.39 Å². The normalized spacial score (nSPS) is 23.3. The molecule has 0 aliphatic carbocycles. The first-order chi connectivity index (χ1) is 8.63. The average Bonchev–Trinajstić information content (AvgIpc) is 2.77. The van der Waals surface area contributed by atoms with Crippen LogP contribution in [-0.2, 0) is 11.3 Å². The molecule has 4 heteroatoms. The summed E-state index contributed by atoms with van der Waals surface area (Å²) in [6, 6.07) is 5.02. The van der Waals surface area contributed by atoms with E-state index in [2.05, 4.69) is 12.2 Å². The molecule has 0 spiro atoms. The maximum absolute atomic E-state index is 13.5. The second-order valence-electron chi connectivity index (χ2n) is 4.97. The van der Waals surface area contributed by atoms with E-state index in [1.54, 1.807) is 6.07 Å². The van der Waals surface area contributed by atoms with Crippen molar-refractivity contribution in [3.63, 3.8) is 0 Å². The molecule has 0 bridgehead atoms. The molecule has 1 heterocycles. The quantitative estimate of drug-likeness (QED) is 0.874. The van der Waals surface area contributed by atoms with Gasteiger partial charge in [-0.2, -0.15) is 0 Å². The number of hydrogen-bond donors (Lipinski definition) is 1. The zero-order valence-corrected chi connectivity index (χ0v) is 11.0. The molecular formula is C14H20FNO2. The highest BCUT2D eigenvalue weighted by Crippen LogP contribution is 2.24. The van der Waals surface area contributed by atoms with Crippen molar-refractivity contribution < 1.29 is 13.9 Å². The van der Waals surface area contributed by atoms with Crippen LogP contribution in [0, 0.1) is 5.82 Å². The Morgan fingerprint density at radius 1 is 1.50 bits per heavy atom. The van der Waals surface area contributed by atoms with Gasteiger partial charge in [-0.3, -0.25) is 0 Å². The van der Waals surface area contributed by atoms with Crippen LogP contribution in [0.4, 0.5) is 4.39 Å². The first kappa shape index (κ1) is 13.3. The predicted molar refractivity (Wildman–Crippen MR) is 68.2 cm³/mol. The summed E-state index contributed by atoms with van der Waals surface area (Å²) in [5, 5.41) is 3.32. The number of benzene rings is 1. The molecule has 0 amide bonds. The molecule has 1 N–H and O–H groups in total. The van der Waals surface area contributed by atoms with Gasteiger partial charge in [-0.05, 0) is 37.5 Å². The Kier molecular flexibility index (Phi) is 4.19. The Labute approximate surface area is 107 Å². The number of methoxy groups -OCH3 is 1. The van der Waals surface area contributed by atoms with Gasteiger partial charge in [-0.15, -0.1) is 0 Å². The van der Waals surface area contributed by atoms with Gasteiger partial charge in [0.25, 0.3) is 0 Å². The predicted octanol–water partition coefficient (Wildman–Crippen LogP) is 2.49. The van der Waals surface area contributed by atoms with Crippen molar-refractivity contribution in [3.05, 3.63) is 29.6 Å². The lowest BCUT2D eigenvalue weighted by molar-refractivity contribution is 0.0207. The third-order valence-electron chi connectivity index (χ3n) is 3.34. The molecule has 0 radical (unpaired) electrons. The van der Waals surface area contributed by atoms with Gasteiger partial charge in [0, 0.05) is 19.7 Å². The lowest BCUT2D eigenvalue weighted by atomic mass is 10.0. The van der Waals surface area contributed by atoms with Crippen molar-refractivity contribution in [1.29, 1.82) is 0 Å². The van der Waals surface area contributed by atoms with Gasteiger partial charge >= 0.3 is 0 Å². The fourth-order valence-corrected chi connectivity index (χ4v) is 2.27. The van der Waals surface area contributed by atoms with Crippen LogP contribution in [0.15, 0.2) is 18.2 Å². The number of halogens is 1. The van der Waals surface area contributed by atoms with Crippen LogP contribution in [0.1, 0.15) is 25.3 Å². The standard InChI is InChI=1S/C14H20FNO2/c1-14(6-3-7-18-14)10-16-9-11-4-5-13(17-2)12(15)8-11/h4-5,8,16H,3,6-7,9-10H2,1-2H3. The Morgan fingerprint density at radius 3 is 2.94 bits per heavy atom. The molecular weight excluding hydrogens is 233 g/mol. The lowest BCUT2D eigenvalue weighted by Crippen LogP contribution is -2.36. The largest absolute Gasteiger partial charge is 0.494 e. The molecule has 18 heavy (non-hydrogen) atoms. The minimum atomic E-state index is -0.319. The molecule has 0 aromatic heterocycles. The van der Waals surface area contributed by atoms with Gasteiger partial charge in [-0.1, -0.05) is 6.07 Å². The van der Waals surface area contributed by atoms with E-state index < -0.39 is 0 Å². The van der Waals surface area contributed by atoms with E-state index in [4.69, 9.17) is 9.47 Å². The Balaban J connectivity index is 1.85. The van der Waals surface area contributed by atoms with Crippen LogP contribution in [0.3, 0.4) is 0 Å². The molecule has 1 aliphatic heterocycles. The minimum absolute atomic E-state index is 0.0645. The smallest absolute Gasteiger partial charge is 0.165 e. The number of nitrogens with one attached hydrogen (secondary N) is 1. The molecule has 1 aromatic rings. The number of ether oxygens (including phenoxy) is 2. The van der Waals surface area contributed by atoms with E-state index in [-0.39, 0.29) is 17.2 Å². The van der Waals surface area contributed by atoms with Crippen molar-refractivity contribution in [3.8, 4) is 5.75 Å². The SMILES string of the molecule is COc1ccc(CNCC2(C)CCCO2)cc1F. The first-order valence-corrected chi connectivity index (χ1v) is 6.30. The fraction of sp³-hybridized carbons (Fsp3) is 0.571. The van der Waals surface area contributed by atoms with Crippen LogP contribution in [-0.4, -0.2) is 25.9 Å². The highest BCUT2D eigenvalue weighted by Gasteiger charge is 2.28. The van der Waals surface area contributed by atoms with Gasteiger partial charge < -0.3 is 14.8 Å². The van der Waals surface area contributed by atoms with E-state index >= 15 is 0 Å². The third-order valence-corrected chi connectivity index (χ3v) is 3.34. The van der Waals surface area contributed by atoms with Gasteiger partial charge in [-0.25, -0.2) is 4.39 Å². The van der Waals surface area contributed by atoms with Gasteiger partial charge in [0.2, 0.25) is 0 Å². The van der Waals surface area contributed by atoms with Gasteiger partial charge in [0.1, 0.15) is 0 Å². The van der Waals surface area contributed by atoms with E-state index in [0.29, 0.717) is 6.54 Å². The highest BCUT2D eigenvalue weighted by atomic mass is 19.1. The fourth-order valence-electron chi connectivity index (χ4n) is 2.27. The maximum Gasteiger partial charge on any atom is 0.165 e. The van der Waals surface area contributed by atoms with Gasteiger partial charge in [0.15, 0.2) is 11.6 Å². The van der Waals surface area contributed by atoms with Crippen molar-refractivity contribution >= 4 is 0 Å². The van der Waals surface area contributed by atoms with Crippen LogP contribution in [0.2, 0.25) is 0 Å². The summed E-state index contributed by atoms with van der Waals surface area (Å²) in [5.74, 6) is -0.0371. The van der Waals surface area contributed by atoms with Crippen LogP contribution in [0.25, 0.3) is 0 Å². The zero-order chi connectivity index (χ0) is 13.0. The number of hydrogen-bond acceptors (Lipinski definition) is 3. The summed E-state index contributed by atoms with van der Waals surface area (Å²) in [6.07, 6.45) is 2.20. The molecule has 100 valence electrons. The van der Waals surface area contributed by atoms with E-state index in [1.165, 1.54) is 13.2 Å². The summed E-state index contributed by atoms with van der Waals surface area (Å²) in [4.78, 5) is 0. The molecule has 1 atom stereocenters. The second-order valence-corrected chi connectivity index (χ2v) is 4.97. The molecule has 1 unspecified atom stereocenters. The van der Waals surface area contributed by atoms with Crippen LogP contribution < -0.4 is 10.1 Å². The number of rotatable bonds is 5. The van der Waals surface area contributed by atoms with Gasteiger partial charge in [0.05, 0.1) is 12.7 Å². The monoisotopic (exact) mass is 253 g/mol. The summed E-state index contributed by atoms with van der Waals surface area (Å²) in [6.45, 7) is 4.39. The van der Waals surface area contributed by atoms with Crippen molar-refractivity contribution in [2.24, 2.45) is 0 Å². The van der Waals surface area contributed by atoms with Crippen molar-refractivity contribution in [1.82, 2.24) is 5.32 Å². The average molecular weight is 253 g/mol. The minimum Gasteiger partial charge on any atom is -0.494 e. The highest BCUT2D eigenvalue weighted by molar-refractivity contribution is 5.29. The molecule has 1 fully saturated rings. The summed E-state index contributed by atoms with van der Waals surface area (Å²) in [7, 11) is 1.47. The first-order valence-electron chi connectivity index (χ1n) is 6.30. The molecule has 1 aliphatic rings. The zero-order valence-electron chi connectivity index (χ0n) is 11.0. The Hall–Kier alpha value is -1.13. The molecule has 1 aromatic carbocycles. The topological polar surface area (TPSA) is 30.5 Å². The summed E-state index contributed by atoms with van der Waals surface area (Å²) in [5.41, 5.74) is 0.847. The molecule has 3 nitrogen and oxygen atoms in total. The lowest BCUT2D eigenvalue weighted by Gasteiger charge is -2.23. The summed E-state index contributed by atoms with van der Waals surface area (Å²) < 4.78 is 24.0.